The van der Waals surface area contributed by atoms with Crippen molar-refractivity contribution in [3.63, 3.8) is 0 Å². The van der Waals surface area contributed by atoms with Crippen LogP contribution >= 0.6 is 15.9 Å². The van der Waals surface area contributed by atoms with Gasteiger partial charge in [-0.2, -0.15) is 0 Å². The van der Waals surface area contributed by atoms with Crippen LogP contribution in [0.2, 0.25) is 0 Å². The van der Waals surface area contributed by atoms with Crippen LogP contribution in [0.5, 0.6) is 0 Å². The third-order valence-electron chi connectivity index (χ3n) is 4.17. The summed E-state index contributed by atoms with van der Waals surface area (Å²) in [6.45, 7) is 2.12. The zero-order chi connectivity index (χ0) is 14.1. The van der Waals surface area contributed by atoms with Crippen LogP contribution in [0.15, 0.2) is 40.9 Å². The second-order valence-corrected chi connectivity index (χ2v) is 6.40. The first-order valence-corrected chi connectivity index (χ1v) is 7.82. The lowest BCUT2D eigenvalue weighted by molar-refractivity contribution is 0.633. The number of fused-ring (bicyclic) bond motifs is 1. The average Bonchev–Trinajstić information content (AvgIpc) is 2.89. The van der Waals surface area contributed by atoms with Crippen LogP contribution in [-0.4, -0.2) is 0 Å². The van der Waals surface area contributed by atoms with E-state index in [9.17, 15) is 0 Å². The highest BCUT2D eigenvalue weighted by molar-refractivity contribution is 9.10. The van der Waals surface area contributed by atoms with Crippen molar-refractivity contribution in [3.05, 3.63) is 68.7 Å². The number of halogens is 1. The molecule has 1 atom stereocenters. The normalized spacial score (nSPS) is 15.2. The summed E-state index contributed by atoms with van der Waals surface area (Å²) in [6, 6.07) is 13.2. The first-order chi connectivity index (χ1) is 9.69. The molecule has 0 radical (unpaired) electrons. The fourth-order valence-electron chi connectivity index (χ4n) is 3.10. The van der Waals surface area contributed by atoms with E-state index >= 15 is 0 Å². The lowest BCUT2D eigenvalue weighted by Crippen LogP contribution is -2.29. The summed E-state index contributed by atoms with van der Waals surface area (Å²) in [7, 11) is 0. The van der Waals surface area contributed by atoms with Gasteiger partial charge in [-0.05, 0) is 66.1 Å². The van der Waals surface area contributed by atoms with Gasteiger partial charge in [0.05, 0.1) is 6.04 Å². The molecular formula is C17H19BrN2. The van der Waals surface area contributed by atoms with Gasteiger partial charge >= 0.3 is 0 Å². The molecule has 0 aliphatic heterocycles. The number of hydrogen-bond donors (Lipinski definition) is 2. The Hall–Kier alpha value is -1.16. The molecule has 1 unspecified atom stereocenters. The molecule has 20 heavy (non-hydrogen) atoms. The number of nitrogens with two attached hydrogens (primary N) is 1. The highest BCUT2D eigenvalue weighted by Crippen LogP contribution is 2.30. The Balaban J connectivity index is 2.01. The first-order valence-electron chi connectivity index (χ1n) is 7.03. The Labute approximate surface area is 128 Å². The molecule has 0 saturated heterocycles. The smallest absolute Gasteiger partial charge is 0.0712 e. The van der Waals surface area contributed by atoms with Gasteiger partial charge in [-0.3, -0.25) is 5.84 Å². The molecule has 0 aromatic heterocycles. The summed E-state index contributed by atoms with van der Waals surface area (Å²) in [6.07, 6.45) is 3.68. The van der Waals surface area contributed by atoms with Crippen molar-refractivity contribution in [1.29, 1.82) is 0 Å². The molecule has 3 N–H and O–H groups in total. The monoisotopic (exact) mass is 330 g/mol. The van der Waals surface area contributed by atoms with Crippen LogP contribution in [0.25, 0.3) is 0 Å². The molecular weight excluding hydrogens is 312 g/mol. The minimum Gasteiger partial charge on any atom is -0.271 e. The molecule has 1 aliphatic rings. The molecule has 0 spiro atoms. The molecule has 104 valence electrons. The minimum atomic E-state index is 0.0500. The SMILES string of the molecule is Cc1cc(Br)ccc1C(NN)c1ccc2c(c1)CCC2. The standard InChI is InChI=1S/C17H19BrN2/c1-11-9-15(18)7-8-16(11)17(20-19)14-6-5-12-3-2-4-13(12)10-14/h5-10,17,20H,2-4,19H2,1H3. The number of hydrogen-bond acceptors (Lipinski definition) is 2. The van der Waals surface area contributed by atoms with Crippen molar-refractivity contribution in [3.8, 4) is 0 Å². The second-order valence-electron chi connectivity index (χ2n) is 5.48. The highest BCUT2D eigenvalue weighted by atomic mass is 79.9. The van der Waals surface area contributed by atoms with Crippen molar-refractivity contribution in [2.45, 2.75) is 32.2 Å². The summed E-state index contributed by atoms with van der Waals surface area (Å²) in [5.41, 5.74) is 9.67. The Kier molecular flexibility index (Phi) is 3.92. The van der Waals surface area contributed by atoms with Crippen molar-refractivity contribution in [2.75, 3.05) is 0 Å². The van der Waals surface area contributed by atoms with E-state index in [0.717, 1.165) is 4.47 Å². The molecule has 0 amide bonds. The Morgan fingerprint density at radius 2 is 1.90 bits per heavy atom. The maximum Gasteiger partial charge on any atom is 0.0712 e. The van der Waals surface area contributed by atoms with E-state index in [1.807, 2.05) is 0 Å². The lowest BCUT2D eigenvalue weighted by Gasteiger charge is -2.20. The highest BCUT2D eigenvalue weighted by Gasteiger charge is 2.18. The van der Waals surface area contributed by atoms with Gasteiger partial charge in [0.1, 0.15) is 0 Å². The van der Waals surface area contributed by atoms with Gasteiger partial charge in [-0.25, -0.2) is 5.43 Å². The predicted octanol–water partition coefficient (Wildman–Crippen LogP) is 3.80. The van der Waals surface area contributed by atoms with E-state index in [1.165, 1.54) is 47.1 Å². The third-order valence-corrected chi connectivity index (χ3v) is 4.66. The van der Waals surface area contributed by atoms with Gasteiger partial charge < -0.3 is 0 Å². The zero-order valence-electron chi connectivity index (χ0n) is 11.6. The van der Waals surface area contributed by atoms with Crippen LogP contribution in [0.4, 0.5) is 0 Å². The van der Waals surface area contributed by atoms with Gasteiger partial charge in [0.25, 0.3) is 0 Å². The van der Waals surface area contributed by atoms with Crippen LogP contribution in [0, 0.1) is 6.92 Å². The Morgan fingerprint density at radius 1 is 1.10 bits per heavy atom. The fraction of sp³-hybridized carbons (Fsp3) is 0.294. The summed E-state index contributed by atoms with van der Waals surface area (Å²) < 4.78 is 1.10. The number of nitrogens with one attached hydrogen (secondary N) is 1. The molecule has 3 rings (SSSR count). The van der Waals surface area contributed by atoms with E-state index in [4.69, 9.17) is 5.84 Å². The Morgan fingerprint density at radius 3 is 2.65 bits per heavy atom. The van der Waals surface area contributed by atoms with Crippen LogP contribution < -0.4 is 11.3 Å². The number of hydrazine groups is 1. The molecule has 0 fully saturated rings. The maximum atomic E-state index is 5.83. The van der Waals surface area contributed by atoms with Crippen molar-refractivity contribution < 1.29 is 0 Å². The van der Waals surface area contributed by atoms with Gasteiger partial charge in [0, 0.05) is 4.47 Å². The summed E-state index contributed by atoms with van der Waals surface area (Å²) in [4.78, 5) is 0. The van der Waals surface area contributed by atoms with E-state index in [-0.39, 0.29) is 6.04 Å². The third kappa shape index (κ3) is 2.53. The Bertz CT molecular complexity index is 637. The fourth-order valence-corrected chi connectivity index (χ4v) is 3.58. The molecule has 3 heteroatoms. The molecule has 0 bridgehead atoms. The van der Waals surface area contributed by atoms with E-state index in [0.29, 0.717) is 0 Å². The maximum absolute atomic E-state index is 5.83. The molecule has 2 nitrogen and oxygen atoms in total. The van der Waals surface area contributed by atoms with Gasteiger partial charge in [0.2, 0.25) is 0 Å². The van der Waals surface area contributed by atoms with Crippen molar-refractivity contribution in [1.82, 2.24) is 5.43 Å². The number of aryl methyl sites for hydroxylation is 3. The zero-order valence-corrected chi connectivity index (χ0v) is 13.2. The number of benzene rings is 2. The predicted molar refractivity (Wildman–Crippen MR) is 86.5 cm³/mol. The lowest BCUT2D eigenvalue weighted by atomic mass is 9.93. The average molecular weight is 331 g/mol. The summed E-state index contributed by atoms with van der Waals surface area (Å²) in [5, 5.41) is 0. The first kappa shape index (κ1) is 13.8. The van der Waals surface area contributed by atoms with Crippen LogP contribution in [0.3, 0.4) is 0 Å². The van der Waals surface area contributed by atoms with Crippen molar-refractivity contribution >= 4 is 15.9 Å². The van der Waals surface area contributed by atoms with Gasteiger partial charge in [0.15, 0.2) is 0 Å². The molecule has 2 aromatic rings. The second kappa shape index (κ2) is 5.68. The van der Waals surface area contributed by atoms with Crippen LogP contribution in [0.1, 0.15) is 40.3 Å². The van der Waals surface area contributed by atoms with Gasteiger partial charge in [-0.1, -0.05) is 40.2 Å². The van der Waals surface area contributed by atoms with E-state index in [1.54, 1.807) is 0 Å². The molecule has 1 aliphatic carbocycles. The topological polar surface area (TPSA) is 38.0 Å². The molecule has 0 heterocycles. The van der Waals surface area contributed by atoms with Crippen molar-refractivity contribution in [2.24, 2.45) is 5.84 Å². The van der Waals surface area contributed by atoms with Gasteiger partial charge in [-0.15, -0.1) is 0 Å². The van der Waals surface area contributed by atoms with E-state index < -0.39 is 0 Å². The molecule has 0 saturated carbocycles. The largest absolute Gasteiger partial charge is 0.271 e. The van der Waals surface area contributed by atoms with E-state index in [2.05, 4.69) is 64.7 Å². The summed E-state index contributed by atoms with van der Waals surface area (Å²) in [5.74, 6) is 5.83. The number of rotatable bonds is 3. The molecule has 2 aromatic carbocycles. The summed E-state index contributed by atoms with van der Waals surface area (Å²) >= 11 is 3.51. The minimum absolute atomic E-state index is 0.0500. The van der Waals surface area contributed by atoms with Crippen LogP contribution in [-0.2, 0) is 12.8 Å². The quantitative estimate of drug-likeness (QED) is 0.663.